The van der Waals surface area contributed by atoms with Crippen LogP contribution in [0.3, 0.4) is 0 Å². The Morgan fingerprint density at radius 2 is 1.96 bits per heavy atom. The van der Waals surface area contributed by atoms with Crippen LogP contribution in [0.5, 0.6) is 0 Å². The second-order valence-electron chi connectivity index (χ2n) is 6.54. The summed E-state index contributed by atoms with van der Waals surface area (Å²) in [6, 6.07) is 5.61. The molecule has 0 aliphatic rings. The van der Waals surface area contributed by atoms with E-state index in [4.69, 9.17) is 0 Å². The van der Waals surface area contributed by atoms with E-state index in [0.29, 0.717) is 5.56 Å². The maximum atomic E-state index is 11.0. The van der Waals surface area contributed by atoms with E-state index in [-0.39, 0.29) is 43.6 Å². The van der Waals surface area contributed by atoms with E-state index in [2.05, 4.69) is 46.4 Å². The molecule has 0 saturated heterocycles. The Hall–Kier alpha value is -0.878. The standard InChI is InChI=1S/C19H23O2.C4H9.U/c1-4-6-7-9-16(8-5-2)17-10-11-18(14-21)19(12-17)15(3)13-20;1-4(2)3;/h5,7-12,15,20H,2,4,6,13H2,1,3H3;1-3H3;/q2*-1;+2/b9-7-,16-8+;;. The van der Waals surface area contributed by atoms with Crippen LogP contribution in [-0.2, 0) is 4.79 Å². The van der Waals surface area contributed by atoms with Crippen LogP contribution in [0.4, 0.5) is 0 Å². The molecular weight excluding hydrogens is 546 g/mol. The van der Waals surface area contributed by atoms with Crippen LogP contribution in [0.25, 0.3) is 5.57 Å². The van der Waals surface area contributed by atoms with Crippen molar-refractivity contribution in [1.82, 2.24) is 0 Å². The average molecular weight is 579 g/mol. The van der Waals surface area contributed by atoms with Crippen molar-refractivity contribution < 1.29 is 41.0 Å². The molecule has 0 heterocycles. The fraction of sp³-hybridized carbons (Fsp3) is 0.391. The summed E-state index contributed by atoms with van der Waals surface area (Å²) in [6.07, 6.45) is 12.0. The van der Waals surface area contributed by atoms with Crippen molar-refractivity contribution >= 4 is 11.9 Å². The summed E-state index contributed by atoms with van der Waals surface area (Å²) in [7, 11) is 0. The van der Waals surface area contributed by atoms with Gasteiger partial charge in [0.25, 0.3) is 0 Å². The van der Waals surface area contributed by atoms with E-state index in [1.54, 1.807) is 12.1 Å². The Bertz CT molecular complexity index is 583. The van der Waals surface area contributed by atoms with Crippen LogP contribution in [0.2, 0.25) is 0 Å². The maximum Gasteiger partial charge on any atom is 2.00 e. The molecule has 1 unspecified atom stereocenters. The number of unbranched alkanes of at least 4 members (excludes halogenated alkanes) is 1. The number of aliphatic hydroxyl groups excluding tert-OH is 1. The third-order valence-corrected chi connectivity index (χ3v) is 3.35. The monoisotopic (exact) mass is 578 g/mol. The van der Waals surface area contributed by atoms with Crippen molar-refractivity contribution in [3.8, 4) is 0 Å². The van der Waals surface area contributed by atoms with Gasteiger partial charge in [-0.1, -0.05) is 51.2 Å². The number of benzene rings is 1. The summed E-state index contributed by atoms with van der Waals surface area (Å²) in [5.74, 6) is 1.33. The number of hydrogen-bond acceptors (Lipinski definition) is 2. The molecule has 0 saturated carbocycles. The minimum atomic E-state index is -0.0917. The Balaban J connectivity index is 0. The van der Waals surface area contributed by atoms with Crippen molar-refractivity contribution in [2.75, 3.05) is 6.61 Å². The second-order valence-corrected chi connectivity index (χ2v) is 6.54. The molecule has 1 aromatic carbocycles. The zero-order valence-corrected chi connectivity index (χ0v) is 21.0. The summed E-state index contributed by atoms with van der Waals surface area (Å²) in [5, 5.41) is 9.34. The number of aliphatic hydroxyl groups is 1. The summed E-state index contributed by atoms with van der Waals surface area (Å²) >= 11 is 0. The molecule has 1 atom stereocenters. The number of hydrogen-bond donors (Lipinski definition) is 1. The largest absolute Gasteiger partial charge is 2.00 e. The predicted octanol–water partition coefficient (Wildman–Crippen LogP) is 5.79. The van der Waals surface area contributed by atoms with E-state index in [1.807, 2.05) is 31.4 Å². The summed E-state index contributed by atoms with van der Waals surface area (Å²) in [6.45, 7) is 14.0. The smallest absolute Gasteiger partial charge is 0.397 e. The summed E-state index contributed by atoms with van der Waals surface area (Å²) < 4.78 is 0. The first-order valence-electron chi connectivity index (χ1n) is 8.80. The van der Waals surface area contributed by atoms with E-state index < -0.39 is 0 Å². The van der Waals surface area contributed by atoms with Gasteiger partial charge in [-0.2, -0.15) is 26.8 Å². The Labute approximate surface area is 183 Å². The van der Waals surface area contributed by atoms with E-state index in [9.17, 15) is 9.90 Å². The fourth-order valence-electron chi connectivity index (χ4n) is 2.09. The van der Waals surface area contributed by atoms with Crippen molar-refractivity contribution in [1.29, 1.82) is 0 Å². The first-order valence-corrected chi connectivity index (χ1v) is 8.80. The van der Waals surface area contributed by atoms with Gasteiger partial charge < -0.3 is 15.8 Å². The molecule has 1 N–H and O–H groups in total. The third kappa shape index (κ3) is 11.0. The van der Waals surface area contributed by atoms with Crippen molar-refractivity contribution in [3.63, 3.8) is 0 Å². The van der Waals surface area contributed by atoms with Crippen LogP contribution in [0.1, 0.15) is 70.1 Å². The molecule has 0 bridgehead atoms. The second kappa shape index (κ2) is 16.3. The molecule has 3 heteroatoms. The summed E-state index contributed by atoms with van der Waals surface area (Å²) in [4.78, 5) is 11.0. The molecular formula is C23H32O2U. The van der Waals surface area contributed by atoms with Gasteiger partial charge in [-0.05, 0) is 23.5 Å². The van der Waals surface area contributed by atoms with Gasteiger partial charge in [0.1, 0.15) is 0 Å². The zero-order chi connectivity index (χ0) is 19.2. The molecule has 1 aromatic rings. The van der Waals surface area contributed by atoms with Crippen LogP contribution in [0, 0.1) is 37.0 Å². The van der Waals surface area contributed by atoms with Crippen molar-refractivity contribution in [2.24, 2.45) is 0 Å². The average Bonchev–Trinajstić information content (AvgIpc) is 2.59. The minimum absolute atomic E-state index is 0. The van der Waals surface area contributed by atoms with Crippen molar-refractivity contribution in [2.45, 2.75) is 53.4 Å². The predicted molar refractivity (Wildman–Crippen MR) is 109 cm³/mol. The van der Waals surface area contributed by atoms with Crippen molar-refractivity contribution in [3.05, 3.63) is 71.7 Å². The van der Waals surface area contributed by atoms with Gasteiger partial charge in [-0.25, -0.2) is 0 Å². The number of allylic oxidation sites excluding steroid dienone is 5. The maximum absolute atomic E-state index is 11.0. The molecule has 1 rings (SSSR count). The van der Waals surface area contributed by atoms with E-state index in [1.165, 1.54) is 5.92 Å². The van der Waals surface area contributed by atoms with E-state index in [0.717, 1.165) is 29.5 Å². The summed E-state index contributed by atoms with van der Waals surface area (Å²) in [5.41, 5.74) is 3.39. The molecule has 0 spiro atoms. The van der Waals surface area contributed by atoms with Gasteiger partial charge in [-0.3, -0.25) is 0 Å². The number of carbonyl (C=O) groups excluding carboxylic acids is 1. The molecule has 0 aromatic heterocycles. The SMILES string of the molecule is C=C/C=C(\C=C/CCC)c1ccc([C-]=O)c(C(C)CO)c1.C[C-](C)C.[U+2]. The van der Waals surface area contributed by atoms with Crippen LogP contribution >= 0.6 is 0 Å². The van der Waals surface area contributed by atoms with Gasteiger partial charge in [0, 0.05) is 6.61 Å². The zero-order valence-electron chi connectivity index (χ0n) is 16.8. The van der Waals surface area contributed by atoms with Gasteiger partial charge in [0.15, 0.2) is 0 Å². The minimum Gasteiger partial charge on any atom is -0.397 e. The Morgan fingerprint density at radius 1 is 1.35 bits per heavy atom. The first kappa shape index (κ1) is 27.3. The molecule has 0 amide bonds. The Kier molecular flexibility index (Phi) is 17.1. The molecule has 0 fully saturated rings. The number of rotatable bonds is 8. The third-order valence-electron chi connectivity index (χ3n) is 3.35. The normalized spacial score (nSPS) is 12.2. The quantitative estimate of drug-likeness (QED) is 0.314. The molecule has 26 heavy (non-hydrogen) atoms. The fourth-order valence-corrected chi connectivity index (χ4v) is 2.09. The molecule has 2 nitrogen and oxygen atoms in total. The Morgan fingerprint density at radius 3 is 2.42 bits per heavy atom. The van der Waals surface area contributed by atoms with Gasteiger partial charge in [0.2, 0.25) is 0 Å². The van der Waals surface area contributed by atoms with E-state index >= 15 is 0 Å². The topological polar surface area (TPSA) is 37.3 Å². The van der Waals surface area contributed by atoms with Crippen LogP contribution in [0.15, 0.2) is 49.1 Å². The van der Waals surface area contributed by atoms with Gasteiger partial charge >= 0.3 is 31.1 Å². The molecule has 0 aliphatic carbocycles. The van der Waals surface area contributed by atoms with Gasteiger partial charge in [-0.15, -0.1) is 23.3 Å². The molecule has 0 aliphatic heterocycles. The van der Waals surface area contributed by atoms with Gasteiger partial charge in [0.05, 0.1) is 6.29 Å². The van der Waals surface area contributed by atoms with Crippen LogP contribution < -0.4 is 0 Å². The first-order chi connectivity index (χ1) is 11.9. The van der Waals surface area contributed by atoms with Crippen LogP contribution in [-0.4, -0.2) is 18.0 Å². The molecule has 140 valence electrons. The molecule has 0 radical (unpaired) electrons.